The van der Waals surface area contributed by atoms with Gasteiger partial charge in [0.2, 0.25) is 5.91 Å². The number of hydrogen-bond acceptors (Lipinski definition) is 6. The summed E-state index contributed by atoms with van der Waals surface area (Å²) in [6.07, 6.45) is 3.15. The lowest BCUT2D eigenvalue weighted by Gasteiger charge is -2.24. The Labute approximate surface area is 145 Å². The van der Waals surface area contributed by atoms with Crippen molar-refractivity contribution in [1.82, 2.24) is 20.0 Å². The fourth-order valence-electron chi connectivity index (χ4n) is 3.10. The number of amides is 1. The lowest BCUT2D eigenvalue weighted by molar-refractivity contribution is -0.132. The molecule has 25 heavy (non-hydrogen) atoms. The molecule has 1 fully saturated rings. The van der Waals surface area contributed by atoms with Crippen LogP contribution in [0.15, 0.2) is 21.5 Å². The van der Waals surface area contributed by atoms with E-state index in [-0.39, 0.29) is 17.5 Å². The molecule has 8 heteroatoms. The Kier molecular flexibility index (Phi) is 5.16. The van der Waals surface area contributed by atoms with E-state index in [1.54, 1.807) is 11.0 Å². The van der Waals surface area contributed by atoms with E-state index in [2.05, 4.69) is 15.1 Å². The quantitative estimate of drug-likeness (QED) is 0.853. The molecule has 8 nitrogen and oxygen atoms in total. The molecule has 0 aromatic carbocycles. The summed E-state index contributed by atoms with van der Waals surface area (Å²) in [7, 11) is 1.51. The first-order chi connectivity index (χ1) is 12.1. The molecule has 1 aliphatic rings. The number of nitrogens with zero attached hydrogens (tertiary/aromatic N) is 3. The van der Waals surface area contributed by atoms with E-state index in [0.717, 1.165) is 18.5 Å². The summed E-state index contributed by atoms with van der Waals surface area (Å²) in [6.45, 7) is 2.62. The van der Waals surface area contributed by atoms with E-state index in [9.17, 15) is 9.59 Å². The molecule has 2 aromatic heterocycles. The Hall–Kier alpha value is -2.64. The number of likely N-dealkylation sites (tertiary alicyclic amines) is 1. The van der Waals surface area contributed by atoms with Crippen molar-refractivity contribution in [1.29, 1.82) is 0 Å². The van der Waals surface area contributed by atoms with Gasteiger partial charge in [0.15, 0.2) is 0 Å². The molecule has 0 bridgehead atoms. The van der Waals surface area contributed by atoms with Crippen molar-refractivity contribution in [3.8, 4) is 5.88 Å². The molecule has 1 amide bonds. The zero-order valence-corrected chi connectivity index (χ0v) is 14.4. The minimum atomic E-state index is -0.171. The Morgan fingerprint density at radius 1 is 1.48 bits per heavy atom. The Morgan fingerprint density at radius 2 is 2.32 bits per heavy atom. The van der Waals surface area contributed by atoms with E-state index in [0.29, 0.717) is 43.3 Å². The predicted octanol–water partition coefficient (Wildman–Crippen LogP) is 1.63. The van der Waals surface area contributed by atoms with E-state index >= 15 is 0 Å². The van der Waals surface area contributed by atoms with Crippen molar-refractivity contribution in [2.24, 2.45) is 0 Å². The highest BCUT2D eigenvalue weighted by atomic mass is 16.5. The normalized spacial score (nSPS) is 17.0. The van der Waals surface area contributed by atoms with Gasteiger partial charge in [0.05, 0.1) is 13.2 Å². The number of aromatic nitrogens is 3. The lowest BCUT2D eigenvalue weighted by atomic mass is 10.1. The number of carbonyl (C=O) groups is 1. The largest absolute Gasteiger partial charge is 0.479 e. The summed E-state index contributed by atoms with van der Waals surface area (Å²) in [5.41, 5.74) is 0.571. The molecule has 1 N–H and O–H groups in total. The van der Waals surface area contributed by atoms with Crippen LogP contribution < -0.4 is 10.3 Å². The smallest absolute Gasteiger partial charge is 0.254 e. The van der Waals surface area contributed by atoms with E-state index in [1.807, 2.05) is 6.92 Å². The van der Waals surface area contributed by atoms with Crippen LogP contribution >= 0.6 is 0 Å². The predicted molar refractivity (Wildman–Crippen MR) is 89.3 cm³/mol. The molecule has 1 aliphatic heterocycles. The third kappa shape index (κ3) is 3.89. The van der Waals surface area contributed by atoms with Gasteiger partial charge in [-0.15, -0.1) is 0 Å². The third-order valence-corrected chi connectivity index (χ3v) is 4.40. The van der Waals surface area contributed by atoms with Gasteiger partial charge >= 0.3 is 0 Å². The molecule has 0 aliphatic carbocycles. The van der Waals surface area contributed by atoms with Crippen molar-refractivity contribution in [3.63, 3.8) is 0 Å². The van der Waals surface area contributed by atoms with Crippen LogP contribution in [0.1, 0.15) is 49.5 Å². The molecule has 0 radical (unpaired) electrons. The fraction of sp³-hybridized carbons (Fsp3) is 0.529. The molecule has 3 rings (SSSR count). The molecule has 134 valence electrons. The second-order valence-corrected chi connectivity index (χ2v) is 6.06. The van der Waals surface area contributed by atoms with Crippen LogP contribution in [-0.4, -0.2) is 39.6 Å². The van der Waals surface area contributed by atoms with Gasteiger partial charge in [0, 0.05) is 37.2 Å². The van der Waals surface area contributed by atoms with Gasteiger partial charge in [-0.25, -0.2) is 4.98 Å². The number of aromatic amines is 1. The van der Waals surface area contributed by atoms with E-state index in [1.165, 1.54) is 13.2 Å². The van der Waals surface area contributed by atoms with Gasteiger partial charge in [-0.3, -0.25) is 9.59 Å². The number of H-pyrrole nitrogens is 1. The van der Waals surface area contributed by atoms with Crippen LogP contribution in [0.4, 0.5) is 0 Å². The molecule has 0 spiro atoms. The van der Waals surface area contributed by atoms with Gasteiger partial charge in [-0.2, -0.15) is 0 Å². The van der Waals surface area contributed by atoms with Crippen LogP contribution in [0.5, 0.6) is 5.88 Å². The van der Waals surface area contributed by atoms with Crippen molar-refractivity contribution in [2.45, 2.75) is 45.1 Å². The number of nitrogens with one attached hydrogen (secondary N) is 1. The van der Waals surface area contributed by atoms with Gasteiger partial charge in [0.1, 0.15) is 11.6 Å². The van der Waals surface area contributed by atoms with Gasteiger partial charge in [-0.05, 0) is 24.4 Å². The van der Waals surface area contributed by atoms with Crippen molar-refractivity contribution >= 4 is 5.91 Å². The molecular weight excluding hydrogens is 324 g/mol. The highest BCUT2D eigenvalue weighted by Crippen LogP contribution is 2.30. The SMILES string of the molecule is CCc1cc(=O)[nH]c([C@@H]2CCCN2C(=O)CCc2cc(OC)no2)n1. The maximum Gasteiger partial charge on any atom is 0.254 e. The van der Waals surface area contributed by atoms with Crippen molar-refractivity contribution in [2.75, 3.05) is 13.7 Å². The highest BCUT2D eigenvalue weighted by molar-refractivity contribution is 5.77. The molecule has 2 aromatic rings. The number of aryl methyl sites for hydroxylation is 2. The first-order valence-electron chi connectivity index (χ1n) is 8.50. The van der Waals surface area contributed by atoms with Crippen LogP contribution in [0.25, 0.3) is 0 Å². The third-order valence-electron chi connectivity index (χ3n) is 4.40. The monoisotopic (exact) mass is 346 g/mol. The van der Waals surface area contributed by atoms with Crippen LogP contribution in [-0.2, 0) is 17.6 Å². The number of ether oxygens (including phenoxy) is 1. The first kappa shape index (κ1) is 17.2. The summed E-state index contributed by atoms with van der Waals surface area (Å²) in [4.78, 5) is 33.5. The van der Waals surface area contributed by atoms with Crippen LogP contribution in [0.2, 0.25) is 0 Å². The lowest BCUT2D eigenvalue weighted by Crippen LogP contribution is -2.32. The van der Waals surface area contributed by atoms with Crippen LogP contribution in [0, 0.1) is 0 Å². The molecule has 1 atom stereocenters. The Balaban J connectivity index is 1.69. The van der Waals surface area contributed by atoms with Gasteiger partial charge < -0.3 is 19.1 Å². The summed E-state index contributed by atoms with van der Waals surface area (Å²) in [6, 6.07) is 3.01. The van der Waals surface area contributed by atoms with Gasteiger partial charge in [-0.1, -0.05) is 6.92 Å². The standard InChI is InChI=1S/C17H22N4O4/c1-3-11-9-14(22)19-17(18-11)13-5-4-8-21(13)16(23)7-6-12-10-15(24-2)20-25-12/h9-10,13H,3-8H2,1-2H3,(H,18,19,22)/t13-/m0/s1. The average molecular weight is 346 g/mol. The molecule has 0 saturated carbocycles. The van der Waals surface area contributed by atoms with E-state index < -0.39 is 0 Å². The van der Waals surface area contributed by atoms with E-state index in [4.69, 9.17) is 9.26 Å². The number of hydrogen-bond donors (Lipinski definition) is 1. The topological polar surface area (TPSA) is 101 Å². The fourth-order valence-corrected chi connectivity index (χ4v) is 3.10. The molecule has 0 unspecified atom stereocenters. The molecular formula is C17H22N4O4. The summed E-state index contributed by atoms with van der Waals surface area (Å²) in [5.74, 6) is 1.61. The highest BCUT2D eigenvalue weighted by Gasteiger charge is 2.31. The second-order valence-electron chi connectivity index (χ2n) is 6.06. The first-order valence-corrected chi connectivity index (χ1v) is 8.50. The van der Waals surface area contributed by atoms with Crippen LogP contribution in [0.3, 0.4) is 0 Å². The number of rotatable bonds is 6. The Morgan fingerprint density at radius 3 is 3.04 bits per heavy atom. The maximum absolute atomic E-state index is 12.6. The zero-order chi connectivity index (χ0) is 17.8. The minimum Gasteiger partial charge on any atom is -0.479 e. The molecule has 1 saturated heterocycles. The summed E-state index contributed by atoms with van der Waals surface area (Å²) in [5, 5.41) is 3.73. The molecule has 3 heterocycles. The minimum absolute atomic E-state index is 0.0161. The van der Waals surface area contributed by atoms with Crippen molar-refractivity contribution in [3.05, 3.63) is 39.8 Å². The summed E-state index contributed by atoms with van der Waals surface area (Å²) < 4.78 is 10.1. The average Bonchev–Trinajstić information content (AvgIpc) is 3.28. The zero-order valence-electron chi connectivity index (χ0n) is 14.4. The summed E-state index contributed by atoms with van der Waals surface area (Å²) >= 11 is 0. The second kappa shape index (κ2) is 7.50. The Bertz CT molecular complexity index is 798. The number of carbonyl (C=O) groups excluding carboxylic acids is 1. The van der Waals surface area contributed by atoms with Gasteiger partial charge in [0.25, 0.3) is 11.4 Å². The number of methoxy groups -OCH3 is 1. The van der Waals surface area contributed by atoms with Crippen molar-refractivity contribution < 1.29 is 14.1 Å². The maximum atomic E-state index is 12.6.